The molecule has 0 aliphatic rings. The Labute approximate surface area is 107 Å². The molecule has 2 aromatic rings. The average Bonchev–Trinajstić information content (AvgIpc) is 2.40. The molecule has 0 fully saturated rings. The summed E-state index contributed by atoms with van der Waals surface area (Å²) in [5, 5.41) is 11.8. The van der Waals surface area contributed by atoms with Crippen molar-refractivity contribution in [3.63, 3.8) is 0 Å². The highest BCUT2D eigenvalue weighted by Crippen LogP contribution is 2.11. The lowest BCUT2D eigenvalue weighted by molar-refractivity contribution is -0.469. The number of benzene rings is 2. The van der Waals surface area contributed by atoms with E-state index in [9.17, 15) is 5.21 Å². The number of hydrogen-bond acceptors (Lipinski definition) is 2. The summed E-state index contributed by atoms with van der Waals surface area (Å²) in [6.07, 6.45) is 1.59. The second-order valence-corrected chi connectivity index (χ2v) is 3.96. The zero-order valence-corrected chi connectivity index (χ0v) is 10.2. The van der Waals surface area contributed by atoms with Crippen molar-refractivity contribution >= 4 is 6.21 Å². The van der Waals surface area contributed by atoms with Gasteiger partial charge in [-0.25, -0.2) is 4.74 Å². The second kappa shape index (κ2) is 5.87. The highest BCUT2D eigenvalue weighted by Gasteiger charge is 1.99. The van der Waals surface area contributed by atoms with Crippen LogP contribution in [0.25, 0.3) is 0 Å². The van der Waals surface area contributed by atoms with Crippen LogP contribution >= 0.6 is 0 Å². The first kappa shape index (κ1) is 12.2. The number of hydrogen-bond donors (Lipinski definition) is 0. The standard InChI is InChI=1S/C15H15NO2/c1-18-15-9-7-14(8-10-15)12-16(17)11-13-5-3-2-4-6-13/h2-11H,12H2,1H3. The Balaban J connectivity index is 2.06. The van der Waals surface area contributed by atoms with Gasteiger partial charge in [0, 0.05) is 11.1 Å². The molecule has 0 bridgehead atoms. The molecule has 0 radical (unpaired) electrons. The minimum atomic E-state index is 0.332. The number of hydroxylamine groups is 1. The van der Waals surface area contributed by atoms with Crippen LogP contribution in [0.3, 0.4) is 0 Å². The predicted octanol–water partition coefficient (Wildman–Crippen LogP) is 2.82. The first-order chi connectivity index (χ1) is 8.78. The molecule has 0 aliphatic carbocycles. The quantitative estimate of drug-likeness (QED) is 0.357. The molecule has 0 N–H and O–H groups in total. The number of ether oxygens (including phenoxy) is 1. The molecule has 3 heteroatoms. The van der Waals surface area contributed by atoms with Crippen molar-refractivity contribution in [2.24, 2.45) is 0 Å². The lowest BCUT2D eigenvalue weighted by atomic mass is 10.2. The smallest absolute Gasteiger partial charge is 0.182 e. The normalized spacial score (nSPS) is 11.3. The summed E-state index contributed by atoms with van der Waals surface area (Å²) in [5.41, 5.74) is 1.86. The van der Waals surface area contributed by atoms with E-state index in [1.54, 1.807) is 13.3 Å². The van der Waals surface area contributed by atoms with Gasteiger partial charge in [-0.2, -0.15) is 0 Å². The van der Waals surface area contributed by atoms with E-state index in [1.807, 2.05) is 54.6 Å². The fourth-order valence-corrected chi connectivity index (χ4v) is 1.66. The van der Waals surface area contributed by atoms with Crippen LogP contribution in [0.1, 0.15) is 11.1 Å². The Hall–Kier alpha value is -2.29. The summed E-state index contributed by atoms with van der Waals surface area (Å²) in [6.45, 7) is 0.332. The monoisotopic (exact) mass is 241 g/mol. The molecule has 0 aliphatic heterocycles. The highest BCUT2D eigenvalue weighted by atomic mass is 16.5. The van der Waals surface area contributed by atoms with Crippen molar-refractivity contribution in [3.8, 4) is 5.75 Å². The predicted molar refractivity (Wildman–Crippen MR) is 71.9 cm³/mol. The average molecular weight is 241 g/mol. The van der Waals surface area contributed by atoms with Gasteiger partial charge in [0.2, 0.25) is 0 Å². The Bertz CT molecular complexity index is 518. The van der Waals surface area contributed by atoms with Crippen molar-refractivity contribution in [1.82, 2.24) is 0 Å². The molecule has 3 nitrogen and oxygen atoms in total. The summed E-state index contributed by atoms with van der Waals surface area (Å²) in [4.78, 5) is 0. The molecule has 18 heavy (non-hydrogen) atoms. The van der Waals surface area contributed by atoms with Gasteiger partial charge in [-0.05, 0) is 36.4 Å². The van der Waals surface area contributed by atoms with E-state index < -0.39 is 0 Å². The van der Waals surface area contributed by atoms with Crippen molar-refractivity contribution in [2.45, 2.75) is 6.54 Å². The topological polar surface area (TPSA) is 35.3 Å². The molecule has 2 rings (SSSR count). The van der Waals surface area contributed by atoms with Crippen molar-refractivity contribution in [1.29, 1.82) is 0 Å². The summed E-state index contributed by atoms with van der Waals surface area (Å²) >= 11 is 0. The highest BCUT2D eigenvalue weighted by molar-refractivity contribution is 5.75. The van der Waals surface area contributed by atoms with Gasteiger partial charge in [0.05, 0.1) is 7.11 Å². The third-order valence-corrected chi connectivity index (χ3v) is 2.59. The second-order valence-electron chi connectivity index (χ2n) is 3.96. The van der Waals surface area contributed by atoms with Crippen LogP contribution in [-0.2, 0) is 6.54 Å². The van der Waals surface area contributed by atoms with Gasteiger partial charge < -0.3 is 9.94 Å². The molecule has 0 spiro atoms. The molecule has 0 heterocycles. The first-order valence-corrected chi connectivity index (χ1v) is 5.74. The van der Waals surface area contributed by atoms with Gasteiger partial charge in [-0.3, -0.25) is 0 Å². The van der Waals surface area contributed by atoms with E-state index in [-0.39, 0.29) is 0 Å². The number of rotatable bonds is 4. The Kier molecular flexibility index (Phi) is 3.97. The first-order valence-electron chi connectivity index (χ1n) is 5.74. The molecular formula is C15H15NO2. The molecule has 0 amide bonds. The van der Waals surface area contributed by atoms with Crippen LogP contribution in [0, 0.1) is 5.21 Å². The molecule has 2 aromatic carbocycles. The minimum Gasteiger partial charge on any atom is -0.624 e. The summed E-state index contributed by atoms with van der Waals surface area (Å²) in [5.74, 6) is 0.795. The van der Waals surface area contributed by atoms with E-state index >= 15 is 0 Å². The molecular weight excluding hydrogens is 226 g/mol. The maximum Gasteiger partial charge on any atom is 0.182 e. The zero-order chi connectivity index (χ0) is 12.8. The SMILES string of the molecule is COc1ccc(C[N+]([O-])=Cc2ccccc2)cc1. The molecule has 0 saturated carbocycles. The third kappa shape index (κ3) is 3.35. The van der Waals surface area contributed by atoms with Gasteiger partial charge in [-0.15, -0.1) is 0 Å². The Morgan fingerprint density at radius 3 is 2.33 bits per heavy atom. The fraction of sp³-hybridized carbons (Fsp3) is 0.133. The van der Waals surface area contributed by atoms with Crippen LogP contribution in [0.15, 0.2) is 54.6 Å². The van der Waals surface area contributed by atoms with Crippen molar-refractivity contribution in [3.05, 3.63) is 70.9 Å². The molecule has 92 valence electrons. The van der Waals surface area contributed by atoms with Crippen LogP contribution in [0.4, 0.5) is 0 Å². The summed E-state index contributed by atoms with van der Waals surface area (Å²) in [7, 11) is 1.62. The van der Waals surface area contributed by atoms with Crippen LogP contribution in [-0.4, -0.2) is 18.1 Å². The minimum absolute atomic E-state index is 0.332. The molecule has 0 aromatic heterocycles. The van der Waals surface area contributed by atoms with Gasteiger partial charge in [-0.1, -0.05) is 18.2 Å². The Morgan fingerprint density at radius 1 is 1.06 bits per heavy atom. The lowest BCUT2D eigenvalue weighted by Gasteiger charge is -2.05. The van der Waals surface area contributed by atoms with Crippen LogP contribution in [0.5, 0.6) is 5.75 Å². The third-order valence-electron chi connectivity index (χ3n) is 2.59. The van der Waals surface area contributed by atoms with Gasteiger partial charge in [0.15, 0.2) is 12.8 Å². The van der Waals surface area contributed by atoms with Crippen molar-refractivity contribution in [2.75, 3.05) is 7.11 Å². The van der Waals surface area contributed by atoms with Gasteiger partial charge in [0.25, 0.3) is 0 Å². The van der Waals surface area contributed by atoms with Gasteiger partial charge >= 0.3 is 0 Å². The van der Waals surface area contributed by atoms with Crippen LogP contribution in [0.2, 0.25) is 0 Å². The van der Waals surface area contributed by atoms with Crippen molar-refractivity contribution < 1.29 is 9.48 Å². The molecule has 0 unspecified atom stereocenters. The van der Waals surface area contributed by atoms with E-state index in [2.05, 4.69) is 0 Å². The fourth-order valence-electron chi connectivity index (χ4n) is 1.66. The zero-order valence-electron chi connectivity index (χ0n) is 10.2. The van der Waals surface area contributed by atoms with Crippen LogP contribution < -0.4 is 4.74 Å². The summed E-state index contributed by atoms with van der Waals surface area (Å²) in [6, 6.07) is 17.0. The molecule has 0 atom stereocenters. The summed E-state index contributed by atoms with van der Waals surface area (Å²) < 4.78 is 6.00. The van der Waals surface area contributed by atoms with Gasteiger partial charge in [0.1, 0.15) is 5.75 Å². The molecule has 0 saturated heterocycles. The largest absolute Gasteiger partial charge is 0.624 e. The van der Waals surface area contributed by atoms with E-state index in [0.29, 0.717) is 6.54 Å². The van der Waals surface area contributed by atoms with E-state index in [0.717, 1.165) is 21.6 Å². The van der Waals surface area contributed by atoms with E-state index in [4.69, 9.17) is 4.74 Å². The maximum atomic E-state index is 11.8. The lowest BCUT2D eigenvalue weighted by Crippen LogP contribution is -2.05. The maximum absolute atomic E-state index is 11.8. The Morgan fingerprint density at radius 2 is 1.72 bits per heavy atom. The number of methoxy groups -OCH3 is 1. The van der Waals surface area contributed by atoms with E-state index in [1.165, 1.54) is 0 Å². The number of nitrogens with zero attached hydrogens (tertiary/aromatic N) is 1.